The monoisotopic (exact) mass is 419 g/mol. The van der Waals surface area contributed by atoms with Crippen LogP contribution in [-0.4, -0.2) is 28.5 Å². The number of thiophene rings is 1. The van der Waals surface area contributed by atoms with Crippen molar-refractivity contribution in [3.8, 4) is 16.2 Å². The third-order valence-corrected chi connectivity index (χ3v) is 6.47. The summed E-state index contributed by atoms with van der Waals surface area (Å²) in [6, 6.07) is 20.3. The van der Waals surface area contributed by atoms with Crippen LogP contribution < -0.4 is 10.3 Å². The van der Waals surface area contributed by atoms with Crippen LogP contribution in [0.4, 0.5) is 0 Å². The van der Waals surface area contributed by atoms with Crippen LogP contribution in [0, 0.1) is 0 Å². The van der Waals surface area contributed by atoms with Gasteiger partial charge in [-0.3, -0.25) is 9.69 Å². The number of nitrogens with zero attached hydrogens (tertiary/aromatic N) is 2. The highest BCUT2D eigenvalue weighted by molar-refractivity contribution is 7.21. The lowest BCUT2D eigenvalue weighted by Crippen LogP contribution is -2.28. The van der Waals surface area contributed by atoms with Gasteiger partial charge in [0.1, 0.15) is 16.4 Å². The number of H-pyrrole nitrogens is 1. The summed E-state index contributed by atoms with van der Waals surface area (Å²) >= 11 is 1.56. The summed E-state index contributed by atoms with van der Waals surface area (Å²) in [5.41, 5.74) is 2.18. The van der Waals surface area contributed by atoms with Crippen LogP contribution in [0.2, 0.25) is 0 Å². The van der Waals surface area contributed by atoms with E-state index in [1.54, 1.807) is 18.4 Å². The Morgan fingerprint density at radius 2 is 1.93 bits per heavy atom. The Labute approximate surface area is 180 Å². The molecule has 0 bridgehead atoms. The molecule has 1 unspecified atom stereocenters. The van der Waals surface area contributed by atoms with Crippen LogP contribution in [0.5, 0.6) is 5.75 Å². The van der Waals surface area contributed by atoms with Crippen molar-refractivity contribution in [1.82, 2.24) is 14.9 Å². The van der Waals surface area contributed by atoms with Crippen molar-refractivity contribution in [2.75, 3.05) is 13.7 Å². The molecule has 0 amide bonds. The van der Waals surface area contributed by atoms with Gasteiger partial charge in [0.05, 0.1) is 19.0 Å². The number of aromatic nitrogens is 2. The number of benzene rings is 2. The van der Waals surface area contributed by atoms with Gasteiger partial charge < -0.3 is 9.72 Å². The van der Waals surface area contributed by atoms with E-state index in [4.69, 9.17) is 9.72 Å². The lowest BCUT2D eigenvalue weighted by atomic mass is 10.1. The first-order chi connectivity index (χ1) is 14.6. The SMILES string of the molecule is CCN(Cc1nc2sc(-c3ccccc3)cc2c(=O)[nH]1)C(C)c1cccc(OC)c1. The van der Waals surface area contributed by atoms with E-state index in [9.17, 15) is 4.79 Å². The largest absolute Gasteiger partial charge is 0.497 e. The number of nitrogens with one attached hydrogen (secondary N) is 1. The van der Waals surface area contributed by atoms with Gasteiger partial charge in [-0.05, 0) is 42.8 Å². The molecule has 0 fully saturated rings. The average Bonchev–Trinajstić information content (AvgIpc) is 3.22. The van der Waals surface area contributed by atoms with Crippen LogP contribution in [-0.2, 0) is 6.54 Å². The summed E-state index contributed by atoms with van der Waals surface area (Å²) in [6.07, 6.45) is 0. The zero-order valence-electron chi connectivity index (χ0n) is 17.4. The van der Waals surface area contributed by atoms with E-state index in [1.165, 1.54) is 5.56 Å². The molecule has 0 spiro atoms. The predicted octanol–water partition coefficient (Wildman–Crippen LogP) is 5.24. The Balaban J connectivity index is 1.62. The number of methoxy groups -OCH3 is 1. The van der Waals surface area contributed by atoms with Crippen molar-refractivity contribution in [1.29, 1.82) is 0 Å². The molecule has 1 atom stereocenters. The third kappa shape index (κ3) is 4.15. The van der Waals surface area contributed by atoms with Crippen molar-refractivity contribution >= 4 is 21.6 Å². The van der Waals surface area contributed by atoms with Gasteiger partial charge in [0.25, 0.3) is 5.56 Å². The van der Waals surface area contributed by atoms with Crippen molar-refractivity contribution < 1.29 is 4.74 Å². The van der Waals surface area contributed by atoms with Gasteiger partial charge in [-0.2, -0.15) is 0 Å². The van der Waals surface area contributed by atoms with Crippen LogP contribution in [0.3, 0.4) is 0 Å². The zero-order chi connectivity index (χ0) is 21.1. The minimum Gasteiger partial charge on any atom is -0.497 e. The number of hydrogen-bond acceptors (Lipinski definition) is 5. The molecular weight excluding hydrogens is 394 g/mol. The smallest absolute Gasteiger partial charge is 0.259 e. The molecule has 5 nitrogen and oxygen atoms in total. The van der Waals surface area contributed by atoms with Crippen LogP contribution in [0.15, 0.2) is 65.5 Å². The highest BCUT2D eigenvalue weighted by atomic mass is 32.1. The molecule has 2 aromatic heterocycles. The first-order valence-corrected chi connectivity index (χ1v) is 10.9. The fourth-order valence-corrected chi connectivity index (χ4v) is 4.68. The molecule has 0 aliphatic carbocycles. The van der Waals surface area contributed by atoms with Crippen LogP contribution >= 0.6 is 11.3 Å². The molecule has 0 saturated carbocycles. The molecule has 4 aromatic rings. The van der Waals surface area contributed by atoms with E-state index in [0.29, 0.717) is 17.8 Å². The highest BCUT2D eigenvalue weighted by Gasteiger charge is 2.18. The van der Waals surface area contributed by atoms with Gasteiger partial charge in [0.2, 0.25) is 0 Å². The van der Waals surface area contributed by atoms with Crippen molar-refractivity contribution in [3.63, 3.8) is 0 Å². The van der Waals surface area contributed by atoms with E-state index < -0.39 is 0 Å². The van der Waals surface area contributed by atoms with Gasteiger partial charge in [0, 0.05) is 10.9 Å². The second-order valence-corrected chi connectivity index (χ2v) is 8.25. The fraction of sp³-hybridized carbons (Fsp3) is 0.250. The second-order valence-electron chi connectivity index (χ2n) is 7.22. The van der Waals surface area contributed by atoms with E-state index in [-0.39, 0.29) is 11.6 Å². The standard InChI is InChI=1S/C24H25N3O2S/c1-4-27(16(2)18-11-8-12-19(13-18)29-3)15-22-25-23(28)20-14-21(30-24(20)26-22)17-9-6-5-7-10-17/h5-14,16H,4,15H2,1-3H3,(H,25,26,28). The van der Waals surface area contributed by atoms with Crippen LogP contribution in [0.25, 0.3) is 20.7 Å². The number of rotatable bonds is 7. The van der Waals surface area contributed by atoms with Gasteiger partial charge >= 0.3 is 0 Å². The van der Waals surface area contributed by atoms with Crippen molar-refractivity contribution in [2.24, 2.45) is 0 Å². The Morgan fingerprint density at radius 1 is 1.13 bits per heavy atom. The minimum atomic E-state index is -0.0847. The van der Waals surface area contributed by atoms with E-state index in [2.05, 4.69) is 48.0 Å². The zero-order valence-corrected chi connectivity index (χ0v) is 18.2. The number of ether oxygens (including phenoxy) is 1. The maximum absolute atomic E-state index is 12.7. The summed E-state index contributed by atoms with van der Waals surface area (Å²) in [4.78, 5) is 24.6. The topological polar surface area (TPSA) is 58.2 Å². The Kier molecular flexibility index (Phi) is 5.97. The van der Waals surface area contributed by atoms with Gasteiger partial charge in [-0.25, -0.2) is 4.98 Å². The van der Waals surface area contributed by atoms with Gasteiger partial charge in [-0.15, -0.1) is 11.3 Å². The Bertz CT molecular complexity index is 1200. The quantitative estimate of drug-likeness (QED) is 0.445. The fourth-order valence-electron chi connectivity index (χ4n) is 3.62. The molecule has 0 radical (unpaired) electrons. The summed E-state index contributed by atoms with van der Waals surface area (Å²) in [7, 11) is 1.68. The molecule has 2 heterocycles. The number of fused-ring (bicyclic) bond motifs is 1. The molecule has 154 valence electrons. The summed E-state index contributed by atoms with van der Waals surface area (Å²) in [6.45, 7) is 5.68. The van der Waals surface area contributed by atoms with Crippen molar-refractivity contribution in [2.45, 2.75) is 26.4 Å². The first-order valence-electron chi connectivity index (χ1n) is 10.0. The highest BCUT2D eigenvalue weighted by Crippen LogP contribution is 2.31. The minimum absolute atomic E-state index is 0.0847. The number of aromatic amines is 1. The van der Waals surface area contributed by atoms with Crippen molar-refractivity contribution in [3.05, 3.63) is 82.4 Å². The first kappa shape index (κ1) is 20.3. The molecule has 1 N–H and O–H groups in total. The lowest BCUT2D eigenvalue weighted by molar-refractivity contribution is 0.207. The molecule has 0 saturated heterocycles. The lowest BCUT2D eigenvalue weighted by Gasteiger charge is -2.27. The van der Waals surface area contributed by atoms with E-state index in [0.717, 1.165) is 27.6 Å². The van der Waals surface area contributed by atoms with Crippen LogP contribution in [0.1, 0.15) is 31.3 Å². The molecular formula is C24H25N3O2S. The predicted molar refractivity (Wildman–Crippen MR) is 123 cm³/mol. The maximum Gasteiger partial charge on any atom is 0.259 e. The summed E-state index contributed by atoms with van der Waals surface area (Å²) < 4.78 is 5.36. The molecule has 4 rings (SSSR count). The average molecular weight is 420 g/mol. The molecule has 2 aromatic carbocycles. The summed E-state index contributed by atoms with van der Waals surface area (Å²) in [5.74, 6) is 1.53. The Morgan fingerprint density at radius 3 is 2.67 bits per heavy atom. The Hall–Kier alpha value is -2.96. The normalized spacial score (nSPS) is 12.4. The second kappa shape index (κ2) is 8.81. The molecule has 0 aliphatic heterocycles. The maximum atomic E-state index is 12.7. The molecule has 30 heavy (non-hydrogen) atoms. The van der Waals surface area contributed by atoms with Gasteiger partial charge in [-0.1, -0.05) is 49.4 Å². The molecule has 0 aliphatic rings. The molecule has 6 heteroatoms. The van der Waals surface area contributed by atoms with Gasteiger partial charge in [0.15, 0.2) is 0 Å². The third-order valence-electron chi connectivity index (χ3n) is 5.39. The summed E-state index contributed by atoms with van der Waals surface area (Å²) in [5, 5.41) is 0.645. The van der Waals surface area contributed by atoms with E-state index >= 15 is 0 Å². The number of hydrogen-bond donors (Lipinski definition) is 1. The van der Waals surface area contributed by atoms with E-state index in [1.807, 2.05) is 36.4 Å².